The third-order valence-corrected chi connectivity index (χ3v) is 2.59. The van der Waals surface area contributed by atoms with E-state index < -0.39 is 0 Å². The molecule has 0 aliphatic rings. The van der Waals surface area contributed by atoms with Crippen molar-refractivity contribution in [1.82, 2.24) is 4.90 Å². The van der Waals surface area contributed by atoms with Crippen LogP contribution >= 0.6 is 0 Å². The standard InChI is InChI=1S/C13H18FNO2/c1-2-15(8-3-9-16)13(17)10-11-4-6-12(14)7-5-11/h4-7,16H,2-3,8-10H2,1H3. The molecule has 0 unspecified atom stereocenters. The molecule has 0 heterocycles. The maximum Gasteiger partial charge on any atom is 0.226 e. The van der Waals surface area contributed by atoms with Crippen LogP contribution in [0.3, 0.4) is 0 Å². The highest BCUT2D eigenvalue weighted by atomic mass is 19.1. The molecule has 1 aromatic carbocycles. The lowest BCUT2D eigenvalue weighted by molar-refractivity contribution is -0.130. The van der Waals surface area contributed by atoms with Gasteiger partial charge in [-0.05, 0) is 31.0 Å². The zero-order chi connectivity index (χ0) is 12.7. The van der Waals surface area contributed by atoms with Crippen molar-refractivity contribution in [2.75, 3.05) is 19.7 Å². The summed E-state index contributed by atoms with van der Waals surface area (Å²) in [6, 6.07) is 5.94. The van der Waals surface area contributed by atoms with E-state index >= 15 is 0 Å². The normalized spacial score (nSPS) is 10.3. The molecule has 94 valence electrons. The lowest BCUT2D eigenvalue weighted by atomic mass is 10.1. The molecule has 0 aliphatic heterocycles. The van der Waals surface area contributed by atoms with Crippen LogP contribution in [0.2, 0.25) is 0 Å². The molecule has 1 N–H and O–H groups in total. The fourth-order valence-electron chi connectivity index (χ4n) is 1.61. The minimum absolute atomic E-state index is 0.00700. The van der Waals surface area contributed by atoms with Crippen molar-refractivity contribution in [2.45, 2.75) is 19.8 Å². The number of hydrogen-bond acceptors (Lipinski definition) is 2. The number of carbonyl (C=O) groups excluding carboxylic acids is 1. The molecule has 4 heteroatoms. The van der Waals surface area contributed by atoms with Crippen LogP contribution in [0.5, 0.6) is 0 Å². The fraction of sp³-hybridized carbons (Fsp3) is 0.462. The SMILES string of the molecule is CCN(CCCO)C(=O)Cc1ccc(F)cc1. The Morgan fingerprint density at radius 2 is 2.00 bits per heavy atom. The quantitative estimate of drug-likeness (QED) is 0.819. The molecule has 17 heavy (non-hydrogen) atoms. The molecule has 1 amide bonds. The highest BCUT2D eigenvalue weighted by molar-refractivity contribution is 5.78. The Bertz CT molecular complexity index is 351. The van der Waals surface area contributed by atoms with Gasteiger partial charge in [0.15, 0.2) is 0 Å². The van der Waals surface area contributed by atoms with Gasteiger partial charge in [-0.3, -0.25) is 4.79 Å². The maximum atomic E-state index is 12.7. The Kier molecular flexibility index (Phi) is 5.63. The molecule has 0 saturated heterocycles. The number of likely N-dealkylation sites (N-methyl/N-ethyl adjacent to an activating group) is 1. The molecule has 0 fully saturated rings. The highest BCUT2D eigenvalue weighted by Crippen LogP contribution is 2.06. The van der Waals surface area contributed by atoms with Gasteiger partial charge in [0.25, 0.3) is 0 Å². The summed E-state index contributed by atoms with van der Waals surface area (Å²) in [7, 11) is 0. The number of amides is 1. The summed E-state index contributed by atoms with van der Waals surface area (Å²) in [6.07, 6.45) is 0.864. The number of rotatable bonds is 6. The average molecular weight is 239 g/mol. The van der Waals surface area contributed by atoms with Crippen molar-refractivity contribution < 1.29 is 14.3 Å². The van der Waals surface area contributed by atoms with Crippen molar-refractivity contribution in [2.24, 2.45) is 0 Å². The van der Waals surface area contributed by atoms with Crippen molar-refractivity contribution in [1.29, 1.82) is 0 Å². The molecule has 1 aromatic rings. The van der Waals surface area contributed by atoms with Gasteiger partial charge in [0.2, 0.25) is 5.91 Å². The number of halogens is 1. The van der Waals surface area contributed by atoms with Gasteiger partial charge >= 0.3 is 0 Å². The predicted octanol–water partition coefficient (Wildman–Crippen LogP) is 1.60. The molecular weight excluding hydrogens is 221 g/mol. The van der Waals surface area contributed by atoms with Crippen LogP contribution in [-0.4, -0.2) is 35.6 Å². The first-order valence-electron chi connectivity index (χ1n) is 5.80. The first kappa shape index (κ1) is 13.6. The van der Waals surface area contributed by atoms with Crippen LogP contribution in [0.15, 0.2) is 24.3 Å². The summed E-state index contributed by atoms with van der Waals surface area (Å²) >= 11 is 0. The second-order valence-electron chi connectivity index (χ2n) is 3.85. The molecule has 0 aromatic heterocycles. The number of carbonyl (C=O) groups is 1. The second kappa shape index (κ2) is 7.01. The van der Waals surface area contributed by atoms with Gasteiger partial charge < -0.3 is 10.0 Å². The first-order chi connectivity index (χ1) is 8.17. The van der Waals surface area contributed by atoms with Gasteiger partial charge in [-0.2, -0.15) is 0 Å². The molecule has 0 saturated carbocycles. The van der Waals surface area contributed by atoms with Crippen molar-refractivity contribution >= 4 is 5.91 Å². The topological polar surface area (TPSA) is 40.5 Å². The van der Waals surface area contributed by atoms with Crippen LogP contribution in [0.25, 0.3) is 0 Å². The lowest BCUT2D eigenvalue weighted by Gasteiger charge is -2.20. The predicted molar refractivity (Wildman–Crippen MR) is 64.1 cm³/mol. The Morgan fingerprint density at radius 3 is 2.53 bits per heavy atom. The van der Waals surface area contributed by atoms with E-state index in [-0.39, 0.29) is 24.8 Å². The highest BCUT2D eigenvalue weighted by Gasteiger charge is 2.11. The Hall–Kier alpha value is -1.42. The maximum absolute atomic E-state index is 12.7. The largest absolute Gasteiger partial charge is 0.396 e. The minimum atomic E-state index is -0.297. The molecule has 1 rings (SSSR count). The van der Waals surface area contributed by atoms with Crippen molar-refractivity contribution in [3.63, 3.8) is 0 Å². The Labute approximate surface area is 101 Å². The summed E-state index contributed by atoms with van der Waals surface area (Å²) in [5.41, 5.74) is 0.804. The number of aliphatic hydroxyl groups excluding tert-OH is 1. The van der Waals surface area contributed by atoms with E-state index in [9.17, 15) is 9.18 Å². The summed E-state index contributed by atoms with van der Waals surface area (Å²) in [6.45, 7) is 3.17. The Balaban J connectivity index is 2.54. The van der Waals surface area contributed by atoms with Gasteiger partial charge in [-0.15, -0.1) is 0 Å². The van der Waals surface area contributed by atoms with E-state index in [1.54, 1.807) is 17.0 Å². The molecule has 3 nitrogen and oxygen atoms in total. The summed E-state index contributed by atoms with van der Waals surface area (Å²) in [5, 5.41) is 8.73. The summed E-state index contributed by atoms with van der Waals surface area (Å²) < 4.78 is 12.7. The number of benzene rings is 1. The molecule has 0 aliphatic carbocycles. The average Bonchev–Trinajstić information content (AvgIpc) is 2.33. The molecule has 0 spiro atoms. The monoisotopic (exact) mass is 239 g/mol. The van der Waals surface area contributed by atoms with Gasteiger partial charge in [0.1, 0.15) is 5.82 Å². The van der Waals surface area contributed by atoms with Crippen LogP contribution < -0.4 is 0 Å². The minimum Gasteiger partial charge on any atom is -0.396 e. The molecule has 0 atom stereocenters. The lowest BCUT2D eigenvalue weighted by Crippen LogP contribution is -2.33. The zero-order valence-electron chi connectivity index (χ0n) is 10.0. The van der Waals surface area contributed by atoms with Gasteiger partial charge in [-0.1, -0.05) is 12.1 Å². The fourth-order valence-corrected chi connectivity index (χ4v) is 1.61. The zero-order valence-corrected chi connectivity index (χ0v) is 10.0. The third kappa shape index (κ3) is 4.53. The first-order valence-corrected chi connectivity index (χ1v) is 5.80. The molecule has 0 radical (unpaired) electrons. The van der Waals surface area contributed by atoms with Crippen molar-refractivity contribution in [3.8, 4) is 0 Å². The van der Waals surface area contributed by atoms with E-state index in [1.807, 2.05) is 6.92 Å². The second-order valence-corrected chi connectivity index (χ2v) is 3.85. The van der Waals surface area contributed by atoms with Gasteiger partial charge in [-0.25, -0.2) is 4.39 Å². The van der Waals surface area contributed by atoms with Gasteiger partial charge in [0.05, 0.1) is 6.42 Å². The third-order valence-electron chi connectivity index (χ3n) is 2.59. The van der Waals surface area contributed by atoms with Crippen LogP contribution in [0.1, 0.15) is 18.9 Å². The number of aliphatic hydroxyl groups is 1. The molecular formula is C13H18FNO2. The van der Waals surface area contributed by atoms with Crippen LogP contribution in [0.4, 0.5) is 4.39 Å². The van der Waals surface area contributed by atoms with Crippen LogP contribution in [0, 0.1) is 5.82 Å². The summed E-state index contributed by atoms with van der Waals surface area (Å²) in [5.74, 6) is -0.290. The summed E-state index contributed by atoms with van der Waals surface area (Å²) in [4.78, 5) is 13.6. The Morgan fingerprint density at radius 1 is 1.35 bits per heavy atom. The van der Waals surface area contributed by atoms with Gasteiger partial charge in [0, 0.05) is 19.7 Å². The number of hydrogen-bond donors (Lipinski definition) is 1. The van der Waals surface area contributed by atoms with E-state index in [1.165, 1.54) is 12.1 Å². The number of nitrogens with zero attached hydrogens (tertiary/aromatic N) is 1. The smallest absolute Gasteiger partial charge is 0.226 e. The van der Waals surface area contributed by atoms with Crippen molar-refractivity contribution in [3.05, 3.63) is 35.6 Å². The van der Waals surface area contributed by atoms with Crippen LogP contribution in [-0.2, 0) is 11.2 Å². The van der Waals surface area contributed by atoms with E-state index in [4.69, 9.17) is 5.11 Å². The molecule has 0 bridgehead atoms. The van der Waals surface area contributed by atoms with E-state index in [0.29, 0.717) is 19.5 Å². The van der Waals surface area contributed by atoms with E-state index in [2.05, 4.69) is 0 Å². The van der Waals surface area contributed by atoms with E-state index in [0.717, 1.165) is 5.56 Å².